The summed E-state index contributed by atoms with van der Waals surface area (Å²) in [5.41, 5.74) is 6.12. The number of benzene rings is 1. The Kier molecular flexibility index (Phi) is 4.49. The third kappa shape index (κ3) is 2.89. The quantitative estimate of drug-likeness (QED) is 0.583. The van der Waals surface area contributed by atoms with Crippen LogP contribution < -0.4 is 5.73 Å². The lowest BCUT2D eigenvalue weighted by Gasteiger charge is -2.18. The van der Waals surface area contributed by atoms with E-state index in [1.165, 1.54) is 12.1 Å². The van der Waals surface area contributed by atoms with Crippen molar-refractivity contribution in [3.05, 3.63) is 27.7 Å². The van der Waals surface area contributed by atoms with E-state index in [0.29, 0.717) is 5.69 Å². The third-order valence-corrected chi connectivity index (χ3v) is 2.86. The Labute approximate surface area is 102 Å². The first-order valence-corrected chi connectivity index (χ1v) is 5.43. The number of halogens is 3. The first-order chi connectivity index (χ1) is 6.97. The minimum Gasteiger partial charge on any atom is -0.399 e. The summed E-state index contributed by atoms with van der Waals surface area (Å²) in [5, 5.41) is 19.5. The Morgan fingerprint density at radius 3 is 2.07 bits per heavy atom. The lowest BCUT2D eigenvalue weighted by atomic mass is 10.0. The van der Waals surface area contributed by atoms with Gasteiger partial charge in [-0.1, -0.05) is 23.2 Å². The monoisotopic (exact) mass is 269 g/mol. The van der Waals surface area contributed by atoms with Gasteiger partial charge in [0.1, 0.15) is 6.10 Å². The van der Waals surface area contributed by atoms with Gasteiger partial charge in [0.2, 0.25) is 0 Å². The molecule has 6 heteroatoms. The number of rotatable bonds is 3. The van der Waals surface area contributed by atoms with E-state index < -0.39 is 12.2 Å². The summed E-state index contributed by atoms with van der Waals surface area (Å²) in [4.78, 5) is 0. The summed E-state index contributed by atoms with van der Waals surface area (Å²) in [6.45, 7) is 0. The number of hydrogen-bond donors (Lipinski definition) is 3. The van der Waals surface area contributed by atoms with Crippen LogP contribution >= 0.6 is 34.8 Å². The van der Waals surface area contributed by atoms with Crippen LogP contribution in [0, 0.1) is 0 Å². The zero-order chi connectivity index (χ0) is 11.6. The molecule has 0 radical (unpaired) electrons. The summed E-state index contributed by atoms with van der Waals surface area (Å²) in [5.74, 6) is -0.113. The summed E-state index contributed by atoms with van der Waals surface area (Å²) in [6.07, 6.45) is -2.34. The predicted octanol–water partition coefficient (Wildman–Crippen LogP) is 2.21. The van der Waals surface area contributed by atoms with Crippen molar-refractivity contribution in [1.82, 2.24) is 0 Å². The lowest BCUT2D eigenvalue weighted by Crippen LogP contribution is -2.20. The molecule has 1 aromatic carbocycles. The van der Waals surface area contributed by atoms with E-state index in [2.05, 4.69) is 0 Å². The van der Waals surface area contributed by atoms with Crippen molar-refractivity contribution >= 4 is 40.5 Å². The number of nitrogens with two attached hydrogens (primary N) is 1. The molecule has 0 spiro atoms. The molecule has 0 fully saturated rings. The fourth-order valence-corrected chi connectivity index (χ4v) is 2.06. The number of nitrogen functional groups attached to an aromatic ring is 1. The third-order valence-electron chi connectivity index (χ3n) is 1.92. The van der Waals surface area contributed by atoms with Crippen LogP contribution in [0.3, 0.4) is 0 Å². The SMILES string of the molecule is Nc1cc(Cl)c(C(O)C(O)CCl)c(Cl)c1. The van der Waals surface area contributed by atoms with Crippen molar-refractivity contribution in [3.63, 3.8) is 0 Å². The van der Waals surface area contributed by atoms with Crippen molar-refractivity contribution in [2.75, 3.05) is 11.6 Å². The predicted molar refractivity (Wildman–Crippen MR) is 62.6 cm³/mol. The van der Waals surface area contributed by atoms with Crippen molar-refractivity contribution in [2.45, 2.75) is 12.2 Å². The van der Waals surface area contributed by atoms with Gasteiger partial charge in [0.25, 0.3) is 0 Å². The van der Waals surface area contributed by atoms with Gasteiger partial charge in [-0.15, -0.1) is 11.6 Å². The van der Waals surface area contributed by atoms with E-state index in [1.54, 1.807) is 0 Å². The molecule has 0 aromatic heterocycles. The number of aliphatic hydroxyl groups is 2. The molecule has 0 aliphatic carbocycles. The van der Waals surface area contributed by atoms with E-state index in [4.69, 9.17) is 40.5 Å². The molecule has 0 aliphatic rings. The van der Waals surface area contributed by atoms with Crippen LogP contribution in [-0.4, -0.2) is 22.2 Å². The summed E-state index contributed by atoms with van der Waals surface area (Å²) < 4.78 is 0. The lowest BCUT2D eigenvalue weighted by molar-refractivity contribution is 0.0328. The largest absolute Gasteiger partial charge is 0.399 e. The molecule has 1 aromatic rings. The maximum atomic E-state index is 9.70. The Balaban J connectivity index is 3.13. The van der Waals surface area contributed by atoms with Crippen molar-refractivity contribution in [1.29, 1.82) is 0 Å². The fourth-order valence-electron chi connectivity index (χ4n) is 1.16. The molecule has 0 heterocycles. The fraction of sp³-hybridized carbons (Fsp3) is 0.333. The van der Waals surface area contributed by atoms with Gasteiger partial charge >= 0.3 is 0 Å². The number of alkyl halides is 1. The zero-order valence-corrected chi connectivity index (χ0v) is 9.89. The maximum Gasteiger partial charge on any atom is 0.109 e. The molecule has 0 amide bonds. The summed E-state index contributed by atoms with van der Waals surface area (Å²) in [7, 11) is 0. The molecule has 0 aliphatic heterocycles. The average Bonchev–Trinajstić information content (AvgIpc) is 2.14. The molecule has 4 N–H and O–H groups in total. The van der Waals surface area contributed by atoms with E-state index in [-0.39, 0.29) is 21.5 Å². The second-order valence-corrected chi connectivity index (χ2v) is 4.19. The number of hydrogen-bond acceptors (Lipinski definition) is 3. The van der Waals surface area contributed by atoms with Crippen LogP contribution in [0.15, 0.2) is 12.1 Å². The van der Waals surface area contributed by atoms with E-state index in [9.17, 15) is 10.2 Å². The molecule has 15 heavy (non-hydrogen) atoms. The second kappa shape index (κ2) is 5.23. The maximum absolute atomic E-state index is 9.70. The summed E-state index contributed by atoms with van der Waals surface area (Å²) in [6, 6.07) is 2.90. The van der Waals surface area contributed by atoms with Crippen LogP contribution in [0.5, 0.6) is 0 Å². The van der Waals surface area contributed by atoms with E-state index in [0.717, 1.165) is 0 Å². The minimum atomic E-state index is -1.22. The molecule has 1 rings (SSSR count). The second-order valence-electron chi connectivity index (χ2n) is 3.06. The highest BCUT2D eigenvalue weighted by molar-refractivity contribution is 6.36. The van der Waals surface area contributed by atoms with Crippen molar-refractivity contribution < 1.29 is 10.2 Å². The standard InChI is InChI=1S/C9H10Cl3NO2/c10-3-7(14)9(15)8-5(11)1-4(13)2-6(8)12/h1-2,7,9,14-15H,3,13H2. The number of anilines is 1. The van der Waals surface area contributed by atoms with Crippen LogP contribution in [0.1, 0.15) is 11.7 Å². The van der Waals surface area contributed by atoms with Crippen LogP contribution in [0.4, 0.5) is 5.69 Å². The van der Waals surface area contributed by atoms with Gasteiger partial charge in [0.15, 0.2) is 0 Å². The normalized spacial score (nSPS) is 15.0. The highest BCUT2D eigenvalue weighted by atomic mass is 35.5. The molecule has 2 unspecified atom stereocenters. The van der Waals surface area contributed by atoms with Gasteiger partial charge < -0.3 is 15.9 Å². The van der Waals surface area contributed by atoms with Crippen molar-refractivity contribution in [3.8, 4) is 0 Å². The van der Waals surface area contributed by atoms with Crippen LogP contribution in [0.25, 0.3) is 0 Å². The molecule has 84 valence electrons. The summed E-state index contributed by atoms with van der Waals surface area (Å²) >= 11 is 17.1. The number of aliphatic hydroxyl groups excluding tert-OH is 2. The highest BCUT2D eigenvalue weighted by Gasteiger charge is 2.22. The van der Waals surface area contributed by atoms with Gasteiger partial charge in [-0.25, -0.2) is 0 Å². The van der Waals surface area contributed by atoms with Gasteiger partial charge in [0, 0.05) is 21.3 Å². The Bertz CT molecular complexity index is 336. The molecular formula is C9H10Cl3NO2. The average molecular weight is 271 g/mol. The molecule has 0 saturated carbocycles. The van der Waals surface area contributed by atoms with Gasteiger partial charge in [-0.3, -0.25) is 0 Å². The Hall–Kier alpha value is -0.190. The molecule has 3 nitrogen and oxygen atoms in total. The molecule has 0 bridgehead atoms. The molecule has 0 saturated heterocycles. The Morgan fingerprint density at radius 1 is 1.20 bits per heavy atom. The van der Waals surface area contributed by atoms with Crippen LogP contribution in [-0.2, 0) is 0 Å². The zero-order valence-electron chi connectivity index (χ0n) is 7.62. The van der Waals surface area contributed by atoms with Gasteiger partial charge in [0.05, 0.1) is 12.0 Å². The van der Waals surface area contributed by atoms with E-state index >= 15 is 0 Å². The topological polar surface area (TPSA) is 66.5 Å². The van der Waals surface area contributed by atoms with Crippen molar-refractivity contribution in [2.24, 2.45) is 0 Å². The smallest absolute Gasteiger partial charge is 0.109 e. The first kappa shape index (κ1) is 12.9. The van der Waals surface area contributed by atoms with E-state index in [1.807, 2.05) is 0 Å². The molecular weight excluding hydrogens is 260 g/mol. The molecule has 2 atom stereocenters. The minimum absolute atomic E-state index is 0.113. The first-order valence-electron chi connectivity index (χ1n) is 4.14. The van der Waals surface area contributed by atoms with Gasteiger partial charge in [-0.2, -0.15) is 0 Å². The van der Waals surface area contributed by atoms with Crippen LogP contribution in [0.2, 0.25) is 10.0 Å². The van der Waals surface area contributed by atoms with Gasteiger partial charge in [-0.05, 0) is 12.1 Å². The highest BCUT2D eigenvalue weighted by Crippen LogP contribution is 2.34. The Morgan fingerprint density at radius 2 is 1.67 bits per heavy atom.